The normalized spacial score (nSPS) is 25.4. The van der Waals surface area contributed by atoms with Gasteiger partial charge in [-0.15, -0.1) is 0 Å². The number of amides is 1. The summed E-state index contributed by atoms with van der Waals surface area (Å²) in [7, 11) is 0. The van der Waals surface area contributed by atoms with E-state index in [0.29, 0.717) is 19.5 Å². The number of piperidine rings is 1. The van der Waals surface area contributed by atoms with E-state index in [4.69, 9.17) is 5.11 Å². The molecule has 1 fully saturated rings. The molecule has 2 atom stereocenters. The summed E-state index contributed by atoms with van der Waals surface area (Å²) >= 11 is 0. The van der Waals surface area contributed by atoms with Gasteiger partial charge in [-0.3, -0.25) is 4.79 Å². The van der Waals surface area contributed by atoms with Gasteiger partial charge >= 0.3 is 0 Å². The van der Waals surface area contributed by atoms with Crippen molar-refractivity contribution in [2.45, 2.75) is 32.2 Å². The highest BCUT2D eigenvalue weighted by molar-refractivity contribution is 5.73. The van der Waals surface area contributed by atoms with Crippen molar-refractivity contribution in [2.24, 2.45) is 5.92 Å². The molecule has 0 aromatic heterocycles. The van der Waals surface area contributed by atoms with Crippen LogP contribution in [0, 0.1) is 5.92 Å². The van der Waals surface area contributed by atoms with Crippen molar-refractivity contribution < 1.29 is 18.7 Å². The quantitative estimate of drug-likeness (QED) is 0.745. The molecule has 1 saturated heterocycles. The molecule has 0 aromatic rings. The van der Waals surface area contributed by atoms with E-state index in [1.807, 2.05) is 0 Å². The van der Waals surface area contributed by atoms with E-state index < -0.39 is 6.43 Å². The summed E-state index contributed by atoms with van der Waals surface area (Å²) in [4.78, 5) is 13.0. The molecule has 0 aromatic carbocycles. The van der Waals surface area contributed by atoms with Crippen molar-refractivity contribution in [2.75, 3.05) is 26.2 Å². The minimum Gasteiger partial charge on any atom is -0.396 e. The zero-order chi connectivity index (χ0) is 12.8. The second-order valence-electron chi connectivity index (χ2n) is 4.53. The first-order valence-electron chi connectivity index (χ1n) is 5.90. The standard InChI is InChI=1S/C11H20F2N2O2/c1-8(17)15-6-9(2-3-16)4-10(7-15)14-5-11(12)13/h9-11,14,16H,2-7H2,1H3. The van der Waals surface area contributed by atoms with Gasteiger partial charge in [0.15, 0.2) is 0 Å². The zero-order valence-corrected chi connectivity index (χ0v) is 10.0. The number of carbonyl (C=O) groups is 1. The first kappa shape index (κ1) is 14.3. The number of nitrogens with zero attached hydrogens (tertiary/aromatic N) is 1. The molecule has 1 aliphatic rings. The lowest BCUT2D eigenvalue weighted by atomic mass is 9.91. The number of hydrogen-bond donors (Lipinski definition) is 2. The highest BCUT2D eigenvalue weighted by atomic mass is 19.3. The molecule has 1 amide bonds. The summed E-state index contributed by atoms with van der Waals surface area (Å²) in [5, 5.41) is 11.7. The molecule has 0 saturated carbocycles. The second-order valence-corrected chi connectivity index (χ2v) is 4.53. The van der Waals surface area contributed by atoms with Gasteiger partial charge in [0.25, 0.3) is 6.43 Å². The summed E-state index contributed by atoms with van der Waals surface area (Å²) in [6, 6.07) is -0.0989. The number of halogens is 2. The summed E-state index contributed by atoms with van der Waals surface area (Å²) in [6.45, 7) is 2.29. The molecule has 100 valence electrons. The predicted octanol–water partition coefficient (Wildman–Crippen LogP) is 0.461. The molecular formula is C11H20F2N2O2. The predicted molar refractivity (Wildman–Crippen MR) is 59.9 cm³/mol. The van der Waals surface area contributed by atoms with Crippen molar-refractivity contribution in [1.82, 2.24) is 10.2 Å². The van der Waals surface area contributed by atoms with Crippen LogP contribution < -0.4 is 5.32 Å². The monoisotopic (exact) mass is 250 g/mol. The Morgan fingerprint density at radius 3 is 2.76 bits per heavy atom. The van der Waals surface area contributed by atoms with Crippen molar-refractivity contribution >= 4 is 5.91 Å². The van der Waals surface area contributed by atoms with E-state index in [0.717, 1.165) is 6.42 Å². The van der Waals surface area contributed by atoms with Gasteiger partial charge < -0.3 is 15.3 Å². The molecule has 1 heterocycles. The summed E-state index contributed by atoms with van der Waals surface area (Å²) in [5.74, 6) is 0.143. The van der Waals surface area contributed by atoms with Crippen LogP contribution in [-0.2, 0) is 4.79 Å². The Balaban J connectivity index is 2.49. The van der Waals surface area contributed by atoms with Crippen molar-refractivity contribution in [3.05, 3.63) is 0 Å². The number of hydrogen-bond acceptors (Lipinski definition) is 3. The van der Waals surface area contributed by atoms with Crippen LogP contribution in [0.2, 0.25) is 0 Å². The topological polar surface area (TPSA) is 52.6 Å². The van der Waals surface area contributed by atoms with Gasteiger partial charge in [0, 0.05) is 32.7 Å². The Labute approximate surface area is 100.0 Å². The molecule has 0 bridgehead atoms. The molecule has 2 unspecified atom stereocenters. The number of rotatable bonds is 5. The third-order valence-electron chi connectivity index (χ3n) is 3.08. The second kappa shape index (κ2) is 6.86. The zero-order valence-electron chi connectivity index (χ0n) is 10.0. The summed E-state index contributed by atoms with van der Waals surface area (Å²) < 4.78 is 24.2. The summed E-state index contributed by atoms with van der Waals surface area (Å²) in [5.41, 5.74) is 0. The number of likely N-dealkylation sites (tertiary alicyclic amines) is 1. The van der Waals surface area contributed by atoms with Crippen LogP contribution >= 0.6 is 0 Å². The smallest absolute Gasteiger partial charge is 0.250 e. The van der Waals surface area contributed by atoms with Gasteiger partial charge in [-0.1, -0.05) is 0 Å². The fraction of sp³-hybridized carbons (Fsp3) is 0.909. The lowest BCUT2D eigenvalue weighted by molar-refractivity contribution is -0.131. The third-order valence-corrected chi connectivity index (χ3v) is 3.08. The van der Waals surface area contributed by atoms with Crippen LogP contribution in [-0.4, -0.2) is 54.6 Å². The van der Waals surface area contributed by atoms with E-state index in [1.165, 1.54) is 6.92 Å². The van der Waals surface area contributed by atoms with Crippen LogP contribution in [0.4, 0.5) is 8.78 Å². The van der Waals surface area contributed by atoms with Gasteiger partial charge in [0.1, 0.15) is 0 Å². The molecule has 17 heavy (non-hydrogen) atoms. The molecule has 1 aliphatic heterocycles. The van der Waals surface area contributed by atoms with Gasteiger partial charge in [0.05, 0.1) is 6.54 Å². The molecule has 2 N–H and O–H groups in total. The average Bonchev–Trinajstić information content (AvgIpc) is 2.26. The summed E-state index contributed by atoms with van der Waals surface area (Å²) in [6.07, 6.45) is -1.03. The van der Waals surface area contributed by atoms with E-state index in [1.54, 1.807) is 4.90 Å². The minimum absolute atomic E-state index is 0.0449. The van der Waals surface area contributed by atoms with Crippen molar-refractivity contribution in [1.29, 1.82) is 0 Å². The van der Waals surface area contributed by atoms with Crippen LogP contribution in [0.25, 0.3) is 0 Å². The van der Waals surface area contributed by atoms with Gasteiger partial charge in [0.2, 0.25) is 5.91 Å². The van der Waals surface area contributed by atoms with Crippen LogP contribution in [0.5, 0.6) is 0 Å². The first-order valence-corrected chi connectivity index (χ1v) is 5.90. The molecular weight excluding hydrogens is 230 g/mol. The number of carbonyl (C=O) groups excluding carboxylic acids is 1. The third kappa shape index (κ3) is 4.95. The Morgan fingerprint density at radius 2 is 2.24 bits per heavy atom. The van der Waals surface area contributed by atoms with E-state index in [9.17, 15) is 13.6 Å². The van der Waals surface area contributed by atoms with Crippen LogP contribution in [0.1, 0.15) is 19.8 Å². The Kier molecular flexibility index (Phi) is 5.77. The Morgan fingerprint density at radius 1 is 1.53 bits per heavy atom. The fourth-order valence-corrected chi connectivity index (χ4v) is 2.26. The maximum absolute atomic E-state index is 12.1. The van der Waals surface area contributed by atoms with Crippen molar-refractivity contribution in [3.8, 4) is 0 Å². The Hall–Kier alpha value is -0.750. The number of nitrogens with one attached hydrogen (secondary N) is 1. The van der Waals surface area contributed by atoms with Crippen molar-refractivity contribution in [3.63, 3.8) is 0 Å². The number of alkyl halides is 2. The average molecular weight is 250 g/mol. The molecule has 0 aliphatic carbocycles. The Bertz CT molecular complexity index is 252. The maximum atomic E-state index is 12.1. The van der Waals surface area contributed by atoms with Gasteiger partial charge in [-0.25, -0.2) is 8.78 Å². The number of aliphatic hydroxyl groups excluding tert-OH is 1. The van der Waals surface area contributed by atoms with Gasteiger partial charge in [-0.05, 0) is 18.8 Å². The molecule has 6 heteroatoms. The largest absolute Gasteiger partial charge is 0.396 e. The highest BCUT2D eigenvalue weighted by Gasteiger charge is 2.28. The highest BCUT2D eigenvalue weighted by Crippen LogP contribution is 2.20. The maximum Gasteiger partial charge on any atom is 0.250 e. The fourth-order valence-electron chi connectivity index (χ4n) is 2.26. The number of aliphatic hydroxyl groups is 1. The van der Waals surface area contributed by atoms with E-state index in [2.05, 4.69) is 5.32 Å². The SMILES string of the molecule is CC(=O)N1CC(CCO)CC(NCC(F)F)C1. The van der Waals surface area contributed by atoms with Crippen LogP contribution in [0.3, 0.4) is 0 Å². The molecule has 4 nitrogen and oxygen atoms in total. The minimum atomic E-state index is -2.38. The van der Waals surface area contributed by atoms with E-state index in [-0.39, 0.29) is 31.0 Å². The van der Waals surface area contributed by atoms with Crippen LogP contribution in [0.15, 0.2) is 0 Å². The lowest BCUT2D eigenvalue weighted by Crippen LogP contribution is -2.51. The lowest BCUT2D eigenvalue weighted by Gasteiger charge is -2.37. The first-order chi connectivity index (χ1) is 8.02. The van der Waals surface area contributed by atoms with E-state index >= 15 is 0 Å². The van der Waals surface area contributed by atoms with Gasteiger partial charge in [-0.2, -0.15) is 0 Å². The molecule has 1 rings (SSSR count). The molecule has 0 spiro atoms. The molecule has 0 radical (unpaired) electrons.